The number of carbonyl (C=O) groups excluding carboxylic acids is 3. The third-order valence-electron chi connectivity index (χ3n) is 9.84. The number of hydrogen-bond acceptors (Lipinski definition) is 8. The van der Waals surface area contributed by atoms with Gasteiger partial charge < -0.3 is 34.4 Å². The number of benzene rings is 1. The standard InChI is InChI=1S/C35H48ClN3O7/c1-19-12-11-13-21(3)35(43)18-28(44-24(6)37-35)22(4)32-34(8,46-32)29(45-33(42)23(5)38(9)25(7)40)17-30(41)39(10)27-16-26(14-19)15-20(2)31(27)36/h11-13,15-16,21-23,28-29,32,37,43H,6,14,17-18H2,1-5,7-10H3/b13-11+,19-12+/t21?,22?,23-,28?,29?,32?,34?,35?/m0/s1. The molecular formula is C35H48ClN3O7. The number of rotatable bonds is 3. The quantitative estimate of drug-likeness (QED) is 0.351. The van der Waals surface area contributed by atoms with Gasteiger partial charge in [0.1, 0.15) is 29.6 Å². The highest BCUT2D eigenvalue weighted by Crippen LogP contribution is 2.49. The number of ether oxygens (including phenoxy) is 3. The topological polar surface area (TPSA) is 121 Å². The summed E-state index contributed by atoms with van der Waals surface area (Å²) in [4.78, 5) is 42.1. The first-order chi connectivity index (χ1) is 21.4. The molecule has 10 nitrogen and oxygen atoms in total. The minimum absolute atomic E-state index is 0.193. The Kier molecular flexibility index (Phi) is 10.4. The largest absolute Gasteiger partial charge is 0.476 e. The van der Waals surface area contributed by atoms with Crippen LogP contribution in [0.5, 0.6) is 0 Å². The zero-order valence-electron chi connectivity index (χ0n) is 28.3. The second kappa shape index (κ2) is 13.4. The fraction of sp³-hybridized carbons (Fsp3) is 0.571. The van der Waals surface area contributed by atoms with Gasteiger partial charge in [-0.2, -0.15) is 0 Å². The van der Waals surface area contributed by atoms with Gasteiger partial charge in [-0.05, 0) is 57.9 Å². The Morgan fingerprint density at radius 1 is 1.28 bits per heavy atom. The van der Waals surface area contributed by atoms with E-state index < -0.39 is 41.6 Å². The number of anilines is 1. The zero-order valence-corrected chi connectivity index (χ0v) is 29.1. The van der Waals surface area contributed by atoms with Crippen molar-refractivity contribution < 1.29 is 33.7 Å². The summed E-state index contributed by atoms with van der Waals surface area (Å²) < 4.78 is 18.4. The molecule has 0 aromatic heterocycles. The number of epoxide rings is 1. The van der Waals surface area contributed by atoms with Crippen LogP contribution < -0.4 is 10.2 Å². The maximum Gasteiger partial charge on any atom is 0.328 e. The van der Waals surface area contributed by atoms with Crippen LogP contribution in [-0.2, 0) is 35.0 Å². The van der Waals surface area contributed by atoms with Crippen LogP contribution in [0.15, 0.2) is 48.4 Å². The lowest BCUT2D eigenvalue weighted by molar-refractivity contribution is -0.161. The maximum absolute atomic E-state index is 13.9. The van der Waals surface area contributed by atoms with Gasteiger partial charge in [0.15, 0.2) is 5.88 Å². The van der Waals surface area contributed by atoms with Crippen molar-refractivity contribution in [3.8, 4) is 0 Å². The third kappa shape index (κ3) is 7.29. The molecule has 2 N–H and O–H groups in total. The molecule has 0 aliphatic carbocycles. The van der Waals surface area contributed by atoms with Crippen LogP contribution in [0.4, 0.5) is 5.69 Å². The molecule has 0 spiro atoms. The van der Waals surface area contributed by atoms with Gasteiger partial charge in [-0.25, -0.2) is 4.79 Å². The zero-order chi connectivity index (χ0) is 34.3. The van der Waals surface area contributed by atoms with Crippen molar-refractivity contribution in [2.45, 2.75) is 103 Å². The Labute approximate surface area is 277 Å². The molecule has 11 heteroatoms. The molecule has 252 valence electrons. The highest BCUT2D eigenvalue weighted by atomic mass is 35.5. The molecule has 2 amide bonds. The number of nitrogens with zero attached hydrogens (tertiary/aromatic N) is 2. The second-order valence-electron chi connectivity index (χ2n) is 13.4. The van der Waals surface area contributed by atoms with Crippen molar-refractivity contribution in [2.75, 3.05) is 19.0 Å². The highest BCUT2D eigenvalue weighted by Gasteiger charge is 2.64. The minimum Gasteiger partial charge on any atom is -0.476 e. The van der Waals surface area contributed by atoms with E-state index in [9.17, 15) is 19.5 Å². The van der Waals surface area contributed by atoms with Gasteiger partial charge in [-0.15, -0.1) is 0 Å². The molecule has 0 radical (unpaired) electrons. The third-order valence-corrected chi connectivity index (χ3v) is 10.3. The number of allylic oxidation sites excluding steroid dienone is 3. The molecule has 46 heavy (non-hydrogen) atoms. The minimum atomic E-state index is -1.33. The Morgan fingerprint density at radius 3 is 2.61 bits per heavy atom. The van der Waals surface area contributed by atoms with Crippen molar-refractivity contribution in [1.29, 1.82) is 0 Å². The van der Waals surface area contributed by atoms with E-state index in [2.05, 4.69) is 11.9 Å². The Bertz CT molecular complexity index is 1460. The van der Waals surface area contributed by atoms with Crippen LogP contribution in [0.3, 0.4) is 0 Å². The van der Waals surface area contributed by atoms with E-state index in [0.29, 0.717) is 17.1 Å². The molecule has 8 atom stereocenters. The fourth-order valence-corrected chi connectivity index (χ4v) is 6.56. The van der Waals surface area contributed by atoms with E-state index >= 15 is 0 Å². The smallest absolute Gasteiger partial charge is 0.328 e. The van der Waals surface area contributed by atoms with Crippen molar-refractivity contribution in [1.82, 2.24) is 10.2 Å². The summed E-state index contributed by atoms with van der Waals surface area (Å²) in [6, 6.07) is 3.01. The molecule has 3 aliphatic heterocycles. The Morgan fingerprint density at radius 2 is 1.96 bits per heavy atom. The van der Waals surface area contributed by atoms with Crippen molar-refractivity contribution in [3.63, 3.8) is 0 Å². The van der Waals surface area contributed by atoms with Gasteiger partial charge in [-0.1, -0.05) is 55.3 Å². The van der Waals surface area contributed by atoms with Crippen molar-refractivity contribution in [3.05, 3.63) is 64.5 Å². The summed E-state index contributed by atoms with van der Waals surface area (Å²) in [5, 5.41) is 15.2. The van der Waals surface area contributed by atoms with Gasteiger partial charge in [0, 0.05) is 39.3 Å². The predicted octanol–water partition coefficient (Wildman–Crippen LogP) is 4.81. The van der Waals surface area contributed by atoms with E-state index in [1.54, 1.807) is 20.9 Å². The van der Waals surface area contributed by atoms with E-state index in [4.69, 9.17) is 25.8 Å². The van der Waals surface area contributed by atoms with E-state index in [1.165, 1.54) is 23.8 Å². The Balaban J connectivity index is 1.76. The molecule has 4 bridgehead atoms. The van der Waals surface area contributed by atoms with E-state index in [-0.39, 0.29) is 42.4 Å². The van der Waals surface area contributed by atoms with Crippen LogP contribution in [0.2, 0.25) is 5.02 Å². The highest BCUT2D eigenvalue weighted by molar-refractivity contribution is 6.34. The van der Waals surface area contributed by atoms with Gasteiger partial charge in [-0.3, -0.25) is 9.59 Å². The van der Waals surface area contributed by atoms with Gasteiger partial charge in [0.2, 0.25) is 11.8 Å². The number of halogens is 1. The van der Waals surface area contributed by atoms with E-state index in [0.717, 1.165) is 16.7 Å². The molecule has 2 saturated heterocycles. The molecule has 1 aromatic rings. The average Bonchev–Trinajstić information content (AvgIpc) is 3.68. The number of likely N-dealkylation sites (N-methyl/N-ethyl adjacent to an activating group) is 1. The number of fused-ring (bicyclic) bond motifs is 5. The number of carbonyl (C=O) groups is 3. The number of aryl methyl sites for hydroxylation is 1. The van der Waals surface area contributed by atoms with Gasteiger partial charge in [0.05, 0.1) is 23.2 Å². The number of nitrogens with one attached hydrogen (secondary N) is 1. The summed E-state index contributed by atoms with van der Waals surface area (Å²) in [6.45, 7) is 16.5. The number of amides is 2. The number of hydrogen-bond donors (Lipinski definition) is 2. The second-order valence-corrected chi connectivity index (χ2v) is 13.8. The molecule has 4 rings (SSSR count). The first-order valence-corrected chi connectivity index (χ1v) is 16.1. The van der Waals surface area contributed by atoms with Crippen molar-refractivity contribution >= 4 is 35.1 Å². The summed E-state index contributed by atoms with van der Waals surface area (Å²) in [7, 11) is 3.17. The monoisotopic (exact) mass is 657 g/mol. The van der Waals surface area contributed by atoms with Gasteiger partial charge >= 0.3 is 5.97 Å². The normalized spacial score (nSPS) is 34.2. The summed E-state index contributed by atoms with van der Waals surface area (Å²) in [6.07, 6.45) is 4.61. The van der Waals surface area contributed by atoms with Crippen LogP contribution in [0, 0.1) is 18.8 Å². The lowest BCUT2D eigenvalue weighted by atomic mass is 9.82. The van der Waals surface area contributed by atoms with Crippen LogP contribution in [0.25, 0.3) is 0 Å². The molecule has 3 aliphatic rings. The molecule has 3 heterocycles. The first kappa shape index (κ1) is 35.5. The van der Waals surface area contributed by atoms with E-state index in [1.807, 2.05) is 58.1 Å². The van der Waals surface area contributed by atoms with Gasteiger partial charge in [0.25, 0.3) is 0 Å². The summed E-state index contributed by atoms with van der Waals surface area (Å²) in [5.41, 5.74) is 1.04. The summed E-state index contributed by atoms with van der Waals surface area (Å²) >= 11 is 6.74. The lowest BCUT2D eigenvalue weighted by Crippen LogP contribution is -2.57. The lowest BCUT2D eigenvalue weighted by Gasteiger charge is -2.44. The fourth-order valence-electron chi connectivity index (χ4n) is 6.33. The first-order valence-electron chi connectivity index (χ1n) is 15.7. The number of aliphatic hydroxyl groups is 1. The number of esters is 1. The Hall–Kier alpha value is -3.34. The summed E-state index contributed by atoms with van der Waals surface area (Å²) in [5.74, 6) is -1.61. The average molecular weight is 658 g/mol. The maximum atomic E-state index is 13.9. The molecule has 7 unspecified atom stereocenters. The van der Waals surface area contributed by atoms with Crippen LogP contribution in [0.1, 0.15) is 65.5 Å². The van der Waals surface area contributed by atoms with Crippen LogP contribution in [-0.4, -0.2) is 77.6 Å². The molecular weight excluding hydrogens is 610 g/mol. The molecule has 0 saturated carbocycles. The molecule has 1 aromatic carbocycles. The SMILES string of the molecule is C=C1NC2(O)CC(O1)C(C)C1OC1(C)C(OC(=O)[C@H](C)N(C)C(C)=O)CC(=O)N(C)c1cc(cc(C)c1Cl)C/C(C)=C/C=C/C2C. The predicted molar refractivity (Wildman–Crippen MR) is 177 cm³/mol. The van der Waals surface area contributed by atoms with Crippen LogP contribution >= 0.6 is 11.6 Å². The molecule has 2 fully saturated rings. The van der Waals surface area contributed by atoms with Crippen molar-refractivity contribution in [2.24, 2.45) is 11.8 Å².